The van der Waals surface area contributed by atoms with Crippen molar-refractivity contribution < 1.29 is 22.4 Å². The van der Waals surface area contributed by atoms with Crippen LogP contribution in [0.5, 0.6) is 0 Å². The maximum Gasteiger partial charge on any atom is 0.287 e. The molecule has 144 valence electrons. The molecule has 2 heterocycles. The highest BCUT2D eigenvalue weighted by atomic mass is 32.2. The minimum absolute atomic E-state index is 0.0546. The van der Waals surface area contributed by atoms with E-state index in [0.29, 0.717) is 13.1 Å². The molecule has 1 aliphatic rings. The summed E-state index contributed by atoms with van der Waals surface area (Å²) in [6.45, 7) is 0.920. The molecule has 8 nitrogen and oxygen atoms in total. The number of nitrogens with one attached hydrogen (secondary N) is 1. The number of carbonyl (C=O) groups excluding carboxylic acids is 2. The Labute approximate surface area is 157 Å². The molecule has 0 radical (unpaired) electrons. The summed E-state index contributed by atoms with van der Waals surface area (Å²) in [5.74, 6) is -0.631. The number of hydrogen-bond donors (Lipinski definition) is 1. The number of sulfonamides is 1. The standard InChI is InChI=1S/C18H21N3O5S/c22-17(13-19-18(23)16-7-4-12-26-16)20-8-10-21(11-9-20)27(24,25)14-15-5-2-1-3-6-15/h1-7,12H,8-11,13-14H2,(H,19,23). The largest absolute Gasteiger partial charge is 0.459 e. The molecule has 0 aliphatic carbocycles. The van der Waals surface area contributed by atoms with Gasteiger partial charge in [-0.1, -0.05) is 30.3 Å². The molecule has 1 aromatic heterocycles. The number of amides is 2. The summed E-state index contributed by atoms with van der Waals surface area (Å²) in [5, 5.41) is 2.50. The van der Waals surface area contributed by atoms with Crippen molar-refractivity contribution in [1.82, 2.24) is 14.5 Å². The molecule has 0 saturated carbocycles. The van der Waals surface area contributed by atoms with Crippen molar-refractivity contribution in [2.24, 2.45) is 0 Å². The third-order valence-electron chi connectivity index (χ3n) is 4.32. The Bertz CT molecular complexity index is 873. The van der Waals surface area contributed by atoms with Crippen LogP contribution in [0.1, 0.15) is 16.1 Å². The van der Waals surface area contributed by atoms with E-state index in [1.54, 1.807) is 35.2 Å². The number of piperazine rings is 1. The first kappa shape index (κ1) is 19.1. The topological polar surface area (TPSA) is 99.9 Å². The Morgan fingerprint density at radius 1 is 1.00 bits per heavy atom. The van der Waals surface area contributed by atoms with Gasteiger partial charge in [0.05, 0.1) is 18.6 Å². The Balaban J connectivity index is 1.48. The summed E-state index contributed by atoms with van der Waals surface area (Å²) in [7, 11) is -3.43. The molecule has 1 aromatic carbocycles. The lowest BCUT2D eigenvalue weighted by Crippen LogP contribution is -2.52. The Hall–Kier alpha value is -2.65. The zero-order valence-corrected chi connectivity index (χ0v) is 15.5. The van der Waals surface area contributed by atoms with Gasteiger partial charge in [0, 0.05) is 26.2 Å². The maximum atomic E-state index is 12.5. The van der Waals surface area contributed by atoms with Crippen molar-refractivity contribution in [3.05, 3.63) is 60.1 Å². The van der Waals surface area contributed by atoms with E-state index in [9.17, 15) is 18.0 Å². The van der Waals surface area contributed by atoms with E-state index in [1.807, 2.05) is 6.07 Å². The van der Waals surface area contributed by atoms with Gasteiger partial charge in [0.15, 0.2) is 5.76 Å². The molecule has 2 aromatic rings. The average molecular weight is 391 g/mol. The van der Waals surface area contributed by atoms with Crippen molar-refractivity contribution in [3.8, 4) is 0 Å². The first-order chi connectivity index (χ1) is 13.0. The molecule has 1 fully saturated rings. The summed E-state index contributed by atoms with van der Waals surface area (Å²) in [6, 6.07) is 12.1. The summed E-state index contributed by atoms with van der Waals surface area (Å²) >= 11 is 0. The van der Waals surface area contributed by atoms with Gasteiger partial charge in [-0.05, 0) is 17.7 Å². The first-order valence-electron chi connectivity index (χ1n) is 8.57. The van der Waals surface area contributed by atoms with Gasteiger partial charge in [-0.3, -0.25) is 9.59 Å². The predicted molar refractivity (Wildman–Crippen MR) is 98.3 cm³/mol. The average Bonchev–Trinajstić information content (AvgIpc) is 3.21. The molecule has 0 atom stereocenters. The van der Waals surface area contributed by atoms with Gasteiger partial charge >= 0.3 is 0 Å². The van der Waals surface area contributed by atoms with Crippen LogP contribution in [-0.2, 0) is 20.6 Å². The summed E-state index contributed by atoms with van der Waals surface area (Å²) in [6.07, 6.45) is 1.38. The third-order valence-corrected chi connectivity index (χ3v) is 6.17. The van der Waals surface area contributed by atoms with Crippen LogP contribution in [0.3, 0.4) is 0 Å². The van der Waals surface area contributed by atoms with Crippen molar-refractivity contribution in [2.45, 2.75) is 5.75 Å². The third kappa shape index (κ3) is 4.95. The molecule has 3 rings (SSSR count). The minimum Gasteiger partial charge on any atom is -0.459 e. The van der Waals surface area contributed by atoms with Crippen LogP contribution in [0.4, 0.5) is 0 Å². The predicted octanol–water partition coefficient (Wildman–Crippen LogP) is 0.684. The molecule has 1 N–H and O–H groups in total. The maximum absolute atomic E-state index is 12.5. The zero-order valence-electron chi connectivity index (χ0n) is 14.7. The number of furan rings is 1. The number of nitrogens with zero attached hydrogens (tertiary/aromatic N) is 2. The fourth-order valence-corrected chi connectivity index (χ4v) is 4.37. The monoisotopic (exact) mass is 391 g/mol. The van der Waals surface area contributed by atoms with Crippen molar-refractivity contribution in [3.63, 3.8) is 0 Å². The van der Waals surface area contributed by atoms with Crippen LogP contribution < -0.4 is 5.32 Å². The van der Waals surface area contributed by atoms with Gasteiger partial charge in [0.1, 0.15) is 0 Å². The summed E-state index contributed by atoms with van der Waals surface area (Å²) < 4.78 is 31.4. The van der Waals surface area contributed by atoms with Gasteiger partial charge in [0.25, 0.3) is 5.91 Å². The number of rotatable bonds is 6. The molecular weight excluding hydrogens is 370 g/mol. The second-order valence-corrected chi connectivity index (χ2v) is 8.15. The number of carbonyl (C=O) groups is 2. The highest BCUT2D eigenvalue weighted by Crippen LogP contribution is 2.13. The molecule has 2 amide bonds. The van der Waals surface area contributed by atoms with Crippen molar-refractivity contribution in [2.75, 3.05) is 32.7 Å². The molecule has 1 aliphatic heterocycles. The Morgan fingerprint density at radius 3 is 2.33 bits per heavy atom. The summed E-state index contributed by atoms with van der Waals surface area (Å²) in [4.78, 5) is 25.6. The first-order valence-corrected chi connectivity index (χ1v) is 10.2. The molecule has 0 spiro atoms. The highest BCUT2D eigenvalue weighted by molar-refractivity contribution is 7.88. The van der Waals surface area contributed by atoms with Crippen LogP contribution in [0.25, 0.3) is 0 Å². The van der Waals surface area contributed by atoms with E-state index in [2.05, 4.69) is 5.32 Å². The van der Waals surface area contributed by atoms with Crippen LogP contribution in [0.15, 0.2) is 53.1 Å². The van der Waals surface area contributed by atoms with Crippen LogP contribution >= 0.6 is 0 Å². The van der Waals surface area contributed by atoms with Gasteiger partial charge < -0.3 is 14.6 Å². The fraction of sp³-hybridized carbons (Fsp3) is 0.333. The zero-order chi connectivity index (χ0) is 19.3. The van der Waals surface area contributed by atoms with E-state index >= 15 is 0 Å². The van der Waals surface area contributed by atoms with E-state index in [-0.39, 0.29) is 37.1 Å². The van der Waals surface area contributed by atoms with E-state index in [4.69, 9.17) is 4.42 Å². The van der Waals surface area contributed by atoms with E-state index < -0.39 is 15.9 Å². The highest BCUT2D eigenvalue weighted by Gasteiger charge is 2.29. The SMILES string of the molecule is O=C(NCC(=O)N1CCN(S(=O)(=O)Cc2ccccc2)CC1)c1ccco1. The van der Waals surface area contributed by atoms with Crippen molar-refractivity contribution >= 4 is 21.8 Å². The van der Waals surface area contributed by atoms with Crippen LogP contribution in [0, 0.1) is 0 Å². The molecule has 0 bridgehead atoms. The van der Waals surface area contributed by atoms with Gasteiger partial charge in [-0.25, -0.2) is 8.42 Å². The Kier molecular flexibility index (Phi) is 5.92. The molecule has 0 unspecified atom stereocenters. The lowest BCUT2D eigenvalue weighted by Gasteiger charge is -2.34. The normalized spacial score (nSPS) is 15.5. The molecular formula is C18H21N3O5S. The van der Waals surface area contributed by atoms with E-state index in [0.717, 1.165) is 5.56 Å². The lowest BCUT2D eigenvalue weighted by atomic mass is 10.2. The van der Waals surface area contributed by atoms with Gasteiger partial charge in [-0.2, -0.15) is 4.31 Å². The lowest BCUT2D eigenvalue weighted by molar-refractivity contribution is -0.131. The number of benzene rings is 1. The van der Waals surface area contributed by atoms with Gasteiger partial charge in [0.2, 0.25) is 15.9 Å². The second kappa shape index (κ2) is 8.36. The fourth-order valence-electron chi connectivity index (χ4n) is 2.85. The minimum atomic E-state index is -3.43. The molecule has 9 heteroatoms. The molecule has 27 heavy (non-hydrogen) atoms. The van der Waals surface area contributed by atoms with Gasteiger partial charge in [-0.15, -0.1) is 0 Å². The summed E-state index contributed by atoms with van der Waals surface area (Å²) in [5.41, 5.74) is 0.733. The smallest absolute Gasteiger partial charge is 0.287 e. The second-order valence-electron chi connectivity index (χ2n) is 6.18. The number of hydrogen-bond acceptors (Lipinski definition) is 5. The Morgan fingerprint density at radius 2 is 1.70 bits per heavy atom. The van der Waals surface area contributed by atoms with E-state index in [1.165, 1.54) is 16.6 Å². The van der Waals surface area contributed by atoms with Crippen LogP contribution in [-0.4, -0.2) is 62.2 Å². The van der Waals surface area contributed by atoms with Crippen molar-refractivity contribution in [1.29, 1.82) is 0 Å². The quantitative estimate of drug-likeness (QED) is 0.781. The molecule has 1 saturated heterocycles. The van der Waals surface area contributed by atoms with Crippen LogP contribution in [0.2, 0.25) is 0 Å².